The molecule has 0 aliphatic heterocycles. The number of hydrogen-bond acceptors (Lipinski definition) is 1. The second kappa shape index (κ2) is 4.09. The first-order valence-corrected chi connectivity index (χ1v) is 5.62. The van der Waals surface area contributed by atoms with Crippen molar-refractivity contribution in [3.8, 4) is 0 Å². The van der Waals surface area contributed by atoms with Crippen LogP contribution in [0.3, 0.4) is 0 Å². The average molecular weight is 240 g/mol. The van der Waals surface area contributed by atoms with Gasteiger partial charge in [0.15, 0.2) is 0 Å². The summed E-state index contributed by atoms with van der Waals surface area (Å²) in [5.74, 6) is -2.25. The van der Waals surface area contributed by atoms with Gasteiger partial charge in [0.05, 0.1) is 6.42 Å². The van der Waals surface area contributed by atoms with Gasteiger partial charge in [-0.3, -0.25) is 4.79 Å². The first kappa shape index (κ1) is 12.0. The second-order valence-corrected chi connectivity index (χ2v) is 4.81. The lowest BCUT2D eigenvalue weighted by atomic mass is 9.62. The van der Waals surface area contributed by atoms with E-state index in [9.17, 15) is 13.6 Å². The van der Waals surface area contributed by atoms with Gasteiger partial charge in [-0.25, -0.2) is 8.78 Å². The Morgan fingerprint density at radius 1 is 1.35 bits per heavy atom. The van der Waals surface area contributed by atoms with Gasteiger partial charge in [-0.2, -0.15) is 0 Å². The molecular formula is C13H14F2O2. The summed E-state index contributed by atoms with van der Waals surface area (Å²) in [6, 6.07) is 2.53. The molecule has 0 radical (unpaired) electrons. The molecule has 0 saturated heterocycles. The van der Waals surface area contributed by atoms with Crippen LogP contribution in [-0.4, -0.2) is 11.1 Å². The largest absolute Gasteiger partial charge is 0.481 e. The van der Waals surface area contributed by atoms with Gasteiger partial charge in [-0.05, 0) is 37.5 Å². The summed E-state index contributed by atoms with van der Waals surface area (Å²) < 4.78 is 27.7. The zero-order chi connectivity index (χ0) is 12.6. The molecule has 0 aromatic heterocycles. The Labute approximate surface area is 98.3 Å². The predicted molar refractivity (Wildman–Crippen MR) is 58.9 cm³/mol. The fourth-order valence-electron chi connectivity index (χ4n) is 2.61. The Morgan fingerprint density at radius 3 is 2.24 bits per heavy atom. The van der Waals surface area contributed by atoms with E-state index in [2.05, 4.69) is 0 Å². The number of rotatable bonds is 3. The molecular weight excluding hydrogens is 226 g/mol. The third-order valence-electron chi connectivity index (χ3n) is 3.52. The van der Waals surface area contributed by atoms with E-state index >= 15 is 0 Å². The van der Waals surface area contributed by atoms with Crippen LogP contribution < -0.4 is 0 Å². The molecule has 1 aliphatic rings. The van der Waals surface area contributed by atoms with Crippen molar-refractivity contribution in [1.29, 1.82) is 0 Å². The van der Waals surface area contributed by atoms with E-state index in [1.807, 2.05) is 0 Å². The Balaban J connectivity index is 2.47. The molecule has 2 nitrogen and oxygen atoms in total. The highest BCUT2D eigenvalue weighted by Crippen LogP contribution is 2.48. The summed E-state index contributed by atoms with van der Waals surface area (Å²) >= 11 is 0. The van der Waals surface area contributed by atoms with Gasteiger partial charge in [-0.1, -0.05) is 6.42 Å². The molecule has 0 amide bonds. The van der Waals surface area contributed by atoms with Crippen LogP contribution in [-0.2, 0) is 10.2 Å². The maximum Gasteiger partial charge on any atom is 0.304 e. The quantitative estimate of drug-likeness (QED) is 0.881. The van der Waals surface area contributed by atoms with Crippen molar-refractivity contribution in [2.45, 2.75) is 38.0 Å². The third kappa shape index (κ3) is 2.04. The van der Waals surface area contributed by atoms with Crippen molar-refractivity contribution in [1.82, 2.24) is 0 Å². The minimum absolute atomic E-state index is 0.0447. The van der Waals surface area contributed by atoms with E-state index in [0.717, 1.165) is 6.42 Å². The summed E-state index contributed by atoms with van der Waals surface area (Å²) in [5, 5.41) is 8.87. The van der Waals surface area contributed by atoms with Crippen molar-refractivity contribution < 1.29 is 18.7 Å². The molecule has 0 unspecified atom stereocenters. The van der Waals surface area contributed by atoms with E-state index < -0.39 is 23.0 Å². The SMILES string of the molecule is Cc1cc(F)c(C2(CC(=O)O)CCC2)c(F)c1. The Morgan fingerprint density at radius 2 is 1.88 bits per heavy atom. The van der Waals surface area contributed by atoms with E-state index in [0.29, 0.717) is 18.4 Å². The van der Waals surface area contributed by atoms with Crippen LogP contribution in [0.1, 0.15) is 36.8 Å². The van der Waals surface area contributed by atoms with Crippen molar-refractivity contribution in [2.24, 2.45) is 0 Å². The normalized spacial score (nSPS) is 17.6. The van der Waals surface area contributed by atoms with Crippen molar-refractivity contribution in [3.05, 3.63) is 34.9 Å². The van der Waals surface area contributed by atoms with Crippen LogP contribution >= 0.6 is 0 Å². The van der Waals surface area contributed by atoms with Gasteiger partial charge in [0, 0.05) is 11.0 Å². The molecule has 1 aromatic carbocycles. The van der Waals surface area contributed by atoms with E-state index in [-0.39, 0.29) is 12.0 Å². The minimum Gasteiger partial charge on any atom is -0.481 e. The number of aliphatic carboxylic acids is 1. The van der Waals surface area contributed by atoms with Crippen LogP contribution in [0.2, 0.25) is 0 Å². The van der Waals surface area contributed by atoms with Crippen LogP contribution in [0.15, 0.2) is 12.1 Å². The molecule has 0 atom stereocenters. The van der Waals surface area contributed by atoms with Gasteiger partial charge in [0.25, 0.3) is 0 Å². The molecule has 0 bridgehead atoms. The molecule has 1 aliphatic carbocycles. The van der Waals surface area contributed by atoms with Crippen LogP contribution in [0.5, 0.6) is 0 Å². The number of carboxylic acid groups (broad SMARTS) is 1. The molecule has 4 heteroatoms. The summed E-state index contributed by atoms with van der Waals surface area (Å²) in [5.41, 5.74) is -0.376. The Bertz CT molecular complexity index is 441. The Hall–Kier alpha value is -1.45. The fourth-order valence-corrected chi connectivity index (χ4v) is 2.61. The molecule has 17 heavy (non-hydrogen) atoms. The van der Waals surface area contributed by atoms with Crippen molar-refractivity contribution in [2.75, 3.05) is 0 Å². The lowest BCUT2D eigenvalue weighted by molar-refractivity contribution is -0.139. The first-order chi connectivity index (χ1) is 7.94. The van der Waals surface area contributed by atoms with Crippen molar-refractivity contribution in [3.63, 3.8) is 0 Å². The monoisotopic (exact) mass is 240 g/mol. The fraction of sp³-hybridized carbons (Fsp3) is 0.462. The van der Waals surface area contributed by atoms with Gasteiger partial charge in [0.1, 0.15) is 11.6 Å². The number of benzene rings is 1. The number of hydrogen-bond donors (Lipinski definition) is 1. The molecule has 1 aromatic rings. The van der Waals surface area contributed by atoms with Gasteiger partial charge in [0.2, 0.25) is 0 Å². The molecule has 1 N–H and O–H groups in total. The molecule has 1 fully saturated rings. The van der Waals surface area contributed by atoms with Crippen LogP contribution in [0.25, 0.3) is 0 Å². The highest BCUT2D eigenvalue weighted by atomic mass is 19.1. The van der Waals surface area contributed by atoms with E-state index in [1.54, 1.807) is 6.92 Å². The van der Waals surface area contributed by atoms with Gasteiger partial charge < -0.3 is 5.11 Å². The maximum atomic E-state index is 13.8. The van der Waals surface area contributed by atoms with E-state index in [1.165, 1.54) is 12.1 Å². The highest BCUT2D eigenvalue weighted by Gasteiger charge is 2.44. The molecule has 92 valence electrons. The van der Waals surface area contributed by atoms with Crippen LogP contribution in [0.4, 0.5) is 8.78 Å². The molecule has 2 rings (SSSR count). The first-order valence-electron chi connectivity index (χ1n) is 5.62. The summed E-state index contributed by atoms with van der Waals surface area (Å²) in [6.07, 6.45) is 1.69. The second-order valence-electron chi connectivity index (χ2n) is 4.81. The highest BCUT2D eigenvalue weighted by molar-refractivity contribution is 5.69. The lowest BCUT2D eigenvalue weighted by Crippen LogP contribution is -2.38. The molecule has 0 heterocycles. The zero-order valence-electron chi connectivity index (χ0n) is 9.59. The topological polar surface area (TPSA) is 37.3 Å². The number of aryl methyl sites for hydroxylation is 1. The molecule has 1 saturated carbocycles. The predicted octanol–water partition coefficient (Wildman–Crippen LogP) is 3.17. The molecule has 0 spiro atoms. The number of halogens is 2. The average Bonchev–Trinajstić information content (AvgIpc) is 2.11. The number of carboxylic acids is 1. The smallest absolute Gasteiger partial charge is 0.304 e. The van der Waals surface area contributed by atoms with Crippen molar-refractivity contribution >= 4 is 5.97 Å². The number of carbonyl (C=O) groups is 1. The van der Waals surface area contributed by atoms with E-state index in [4.69, 9.17) is 5.11 Å². The lowest BCUT2D eigenvalue weighted by Gasteiger charge is -2.41. The van der Waals surface area contributed by atoms with Crippen LogP contribution in [0, 0.1) is 18.6 Å². The summed E-state index contributed by atoms with van der Waals surface area (Å²) in [7, 11) is 0. The van der Waals surface area contributed by atoms with Gasteiger partial charge in [-0.15, -0.1) is 0 Å². The summed E-state index contributed by atoms with van der Waals surface area (Å²) in [4.78, 5) is 10.8. The third-order valence-corrected chi connectivity index (χ3v) is 3.52. The minimum atomic E-state index is -1.01. The standard InChI is InChI=1S/C13H14F2O2/c1-8-5-9(14)12(10(15)6-8)13(3-2-4-13)7-11(16)17/h5-6H,2-4,7H2,1H3,(H,16,17). The summed E-state index contributed by atoms with van der Waals surface area (Å²) in [6.45, 7) is 1.61. The Kier molecular flexibility index (Phi) is 2.89. The zero-order valence-corrected chi connectivity index (χ0v) is 9.59. The maximum absolute atomic E-state index is 13.8. The van der Waals surface area contributed by atoms with Gasteiger partial charge >= 0.3 is 5.97 Å².